The van der Waals surface area contributed by atoms with Crippen molar-refractivity contribution in [1.29, 1.82) is 0 Å². The Morgan fingerprint density at radius 2 is 2.16 bits per heavy atom. The van der Waals surface area contributed by atoms with Crippen LogP contribution in [-0.4, -0.2) is 49.7 Å². The first kappa shape index (κ1) is 12.7. The molecule has 0 aromatic heterocycles. The van der Waals surface area contributed by atoms with Crippen LogP contribution in [0.2, 0.25) is 0 Å². The number of rotatable bonds is 2. The molecule has 3 rings (SSSR count). The molecular formula is C14H19NO4. The summed E-state index contributed by atoms with van der Waals surface area (Å²) in [4.78, 5) is 25.8. The van der Waals surface area contributed by atoms with Gasteiger partial charge in [-0.15, -0.1) is 0 Å². The number of carbonyl (C=O) groups excluding carboxylic acids is 2. The van der Waals surface area contributed by atoms with E-state index in [4.69, 9.17) is 4.74 Å². The summed E-state index contributed by atoms with van der Waals surface area (Å²) in [5.74, 6) is 0.860. The summed E-state index contributed by atoms with van der Waals surface area (Å²) in [6, 6.07) is 0. The lowest BCUT2D eigenvalue weighted by Gasteiger charge is -2.34. The number of ether oxygens (including phenoxy) is 2. The van der Waals surface area contributed by atoms with Crippen LogP contribution >= 0.6 is 0 Å². The number of nitrogens with zero attached hydrogens (tertiary/aromatic N) is 1. The summed E-state index contributed by atoms with van der Waals surface area (Å²) < 4.78 is 10.0. The van der Waals surface area contributed by atoms with Gasteiger partial charge in [0.2, 0.25) is 5.91 Å². The van der Waals surface area contributed by atoms with E-state index >= 15 is 0 Å². The summed E-state index contributed by atoms with van der Waals surface area (Å²) in [5.41, 5.74) is 0. The number of hydrogen-bond acceptors (Lipinski definition) is 4. The van der Waals surface area contributed by atoms with Gasteiger partial charge < -0.3 is 14.4 Å². The molecular weight excluding hydrogens is 246 g/mol. The van der Waals surface area contributed by atoms with Crippen molar-refractivity contribution in [2.75, 3.05) is 26.8 Å². The van der Waals surface area contributed by atoms with Crippen LogP contribution in [0, 0.1) is 17.8 Å². The highest BCUT2D eigenvalue weighted by atomic mass is 16.6. The maximum atomic E-state index is 12.5. The summed E-state index contributed by atoms with van der Waals surface area (Å²) >= 11 is 0. The van der Waals surface area contributed by atoms with Gasteiger partial charge in [-0.3, -0.25) is 4.79 Å². The highest BCUT2D eigenvalue weighted by molar-refractivity contribution is 5.82. The van der Waals surface area contributed by atoms with Crippen molar-refractivity contribution in [2.24, 2.45) is 17.8 Å². The molecule has 19 heavy (non-hydrogen) atoms. The van der Waals surface area contributed by atoms with Gasteiger partial charge in [0.1, 0.15) is 0 Å². The lowest BCUT2D eigenvalue weighted by molar-refractivity contribution is -0.163. The van der Waals surface area contributed by atoms with Gasteiger partial charge in [0.25, 0.3) is 0 Å². The first-order valence-corrected chi connectivity index (χ1v) is 6.85. The molecule has 0 radical (unpaired) electrons. The summed E-state index contributed by atoms with van der Waals surface area (Å²) in [6.07, 6.45) is 5.85. The third-order valence-electron chi connectivity index (χ3n) is 4.44. The lowest BCUT2D eigenvalue weighted by atomic mass is 9.92. The third kappa shape index (κ3) is 2.27. The van der Waals surface area contributed by atoms with Gasteiger partial charge in [-0.05, 0) is 24.7 Å². The highest BCUT2D eigenvalue weighted by Crippen LogP contribution is 2.44. The number of allylic oxidation sites excluding steroid dienone is 2. The monoisotopic (exact) mass is 265 g/mol. The van der Waals surface area contributed by atoms with Gasteiger partial charge in [0.05, 0.1) is 20.3 Å². The summed E-state index contributed by atoms with van der Waals surface area (Å²) in [6.45, 7) is 1.30. The van der Waals surface area contributed by atoms with Crippen LogP contribution in [0.1, 0.15) is 12.8 Å². The Kier molecular flexibility index (Phi) is 3.31. The molecule has 2 fully saturated rings. The number of methoxy groups -OCH3 is 1. The molecule has 0 aromatic rings. The van der Waals surface area contributed by atoms with Gasteiger partial charge in [0.15, 0.2) is 6.10 Å². The zero-order valence-corrected chi connectivity index (χ0v) is 11.1. The van der Waals surface area contributed by atoms with Crippen LogP contribution in [0.3, 0.4) is 0 Å². The molecule has 1 amide bonds. The zero-order valence-electron chi connectivity index (χ0n) is 11.1. The molecule has 0 spiro atoms. The van der Waals surface area contributed by atoms with Crippen molar-refractivity contribution in [1.82, 2.24) is 4.90 Å². The van der Waals surface area contributed by atoms with Crippen LogP contribution in [0.25, 0.3) is 0 Å². The number of amides is 1. The minimum Gasteiger partial charge on any atom is -0.467 e. The van der Waals surface area contributed by atoms with Crippen molar-refractivity contribution in [2.45, 2.75) is 18.9 Å². The maximum Gasteiger partial charge on any atom is 0.336 e. The second-order valence-corrected chi connectivity index (χ2v) is 5.55. The van der Waals surface area contributed by atoms with Gasteiger partial charge in [0, 0.05) is 12.5 Å². The largest absolute Gasteiger partial charge is 0.467 e. The first-order valence-electron chi connectivity index (χ1n) is 6.85. The molecule has 4 unspecified atom stereocenters. The lowest BCUT2D eigenvalue weighted by Crippen LogP contribution is -2.51. The fraction of sp³-hybridized carbons (Fsp3) is 0.714. The standard InChI is InChI=1S/C14H19NO4/c1-18-14(17)12-8-15(4-5-19-12)13(16)11-7-9-2-3-10(11)6-9/h2-3,9-12H,4-8H2,1H3. The predicted molar refractivity (Wildman–Crippen MR) is 67.2 cm³/mol. The van der Waals surface area contributed by atoms with E-state index in [-0.39, 0.29) is 11.8 Å². The number of hydrogen-bond donors (Lipinski definition) is 0. The van der Waals surface area contributed by atoms with E-state index in [0.29, 0.717) is 31.5 Å². The summed E-state index contributed by atoms with van der Waals surface area (Å²) in [5, 5.41) is 0. The second-order valence-electron chi connectivity index (χ2n) is 5.55. The maximum absolute atomic E-state index is 12.5. The molecule has 104 valence electrons. The van der Waals surface area contributed by atoms with E-state index in [1.807, 2.05) is 0 Å². The number of fused-ring (bicyclic) bond motifs is 2. The Morgan fingerprint density at radius 1 is 1.32 bits per heavy atom. The molecule has 2 bridgehead atoms. The van der Waals surface area contributed by atoms with Crippen molar-refractivity contribution in [3.8, 4) is 0 Å². The first-order chi connectivity index (χ1) is 9.19. The van der Waals surface area contributed by atoms with E-state index in [1.165, 1.54) is 7.11 Å². The van der Waals surface area contributed by atoms with Gasteiger partial charge in [-0.1, -0.05) is 12.2 Å². The van der Waals surface area contributed by atoms with Crippen LogP contribution in [0.4, 0.5) is 0 Å². The average molecular weight is 265 g/mol. The molecule has 5 heteroatoms. The predicted octanol–water partition coefficient (Wildman–Crippen LogP) is 0.599. The van der Waals surface area contributed by atoms with E-state index in [0.717, 1.165) is 12.8 Å². The van der Waals surface area contributed by atoms with E-state index in [1.54, 1.807) is 4.90 Å². The topological polar surface area (TPSA) is 55.8 Å². The molecule has 0 aromatic carbocycles. The Bertz CT molecular complexity index is 420. The molecule has 4 atom stereocenters. The van der Waals surface area contributed by atoms with Gasteiger partial charge in [-0.2, -0.15) is 0 Å². The zero-order chi connectivity index (χ0) is 13.4. The van der Waals surface area contributed by atoms with Crippen molar-refractivity contribution < 1.29 is 19.1 Å². The minimum absolute atomic E-state index is 0.103. The highest BCUT2D eigenvalue weighted by Gasteiger charge is 2.42. The molecule has 1 saturated heterocycles. The minimum atomic E-state index is -0.628. The Hall–Kier alpha value is -1.36. The van der Waals surface area contributed by atoms with Crippen molar-refractivity contribution >= 4 is 11.9 Å². The van der Waals surface area contributed by atoms with Crippen LogP contribution < -0.4 is 0 Å². The third-order valence-corrected chi connectivity index (χ3v) is 4.44. The molecule has 2 aliphatic carbocycles. The van der Waals surface area contributed by atoms with E-state index in [2.05, 4.69) is 16.9 Å². The second kappa shape index (κ2) is 4.96. The Balaban J connectivity index is 1.64. The molecule has 5 nitrogen and oxygen atoms in total. The fourth-order valence-corrected chi connectivity index (χ4v) is 3.42. The number of esters is 1. The Labute approximate surface area is 112 Å². The number of carbonyl (C=O) groups is 2. The summed E-state index contributed by atoms with van der Waals surface area (Å²) in [7, 11) is 1.34. The molecule has 3 aliphatic rings. The molecule has 1 saturated carbocycles. The average Bonchev–Trinajstić information content (AvgIpc) is 3.08. The quantitative estimate of drug-likeness (QED) is 0.542. The fourth-order valence-electron chi connectivity index (χ4n) is 3.42. The van der Waals surface area contributed by atoms with Crippen molar-refractivity contribution in [3.05, 3.63) is 12.2 Å². The van der Waals surface area contributed by atoms with E-state index < -0.39 is 12.1 Å². The molecule has 1 aliphatic heterocycles. The van der Waals surface area contributed by atoms with Gasteiger partial charge in [-0.25, -0.2) is 4.79 Å². The molecule has 1 heterocycles. The van der Waals surface area contributed by atoms with Crippen LogP contribution in [-0.2, 0) is 19.1 Å². The number of morpholine rings is 1. The normalized spacial score (nSPS) is 36.6. The van der Waals surface area contributed by atoms with Crippen molar-refractivity contribution in [3.63, 3.8) is 0 Å². The van der Waals surface area contributed by atoms with Crippen LogP contribution in [0.5, 0.6) is 0 Å². The molecule has 0 N–H and O–H groups in total. The SMILES string of the molecule is COC(=O)C1CN(C(=O)C2CC3C=CC2C3)CCO1. The smallest absolute Gasteiger partial charge is 0.336 e. The van der Waals surface area contributed by atoms with Crippen LogP contribution in [0.15, 0.2) is 12.2 Å². The Morgan fingerprint density at radius 3 is 2.79 bits per heavy atom. The van der Waals surface area contributed by atoms with Gasteiger partial charge >= 0.3 is 5.97 Å². The van der Waals surface area contributed by atoms with E-state index in [9.17, 15) is 9.59 Å².